The summed E-state index contributed by atoms with van der Waals surface area (Å²) in [6.45, 7) is 16.1. The molecule has 0 unspecified atom stereocenters. The van der Waals surface area contributed by atoms with E-state index in [0.29, 0.717) is 36.9 Å². The summed E-state index contributed by atoms with van der Waals surface area (Å²) in [5.74, 6) is -1.45. The number of hydrogen-bond acceptors (Lipinski definition) is 6. The van der Waals surface area contributed by atoms with E-state index < -0.39 is 42.2 Å². The van der Waals surface area contributed by atoms with Gasteiger partial charge < -0.3 is 36.6 Å². The molecule has 0 aromatic heterocycles. The normalized spacial score (nSPS) is 17.8. The molecule has 1 heterocycles. The minimum Gasteiger partial charge on any atom is -0.445 e. The average Bonchev–Trinajstić information content (AvgIpc) is 3.33. The summed E-state index contributed by atoms with van der Waals surface area (Å²) in [4.78, 5) is 64.7. The fourth-order valence-corrected chi connectivity index (χ4v) is 5.44. The molecule has 0 aliphatic carbocycles. The van der Waals surface area contributed by atoms with Crippen molar-refractivity contribution in [3.63, 3.8) is 0 Å². The van der Waals surface area contributed by atoms with Crippen LogP contribution in [0.3, 0.4) is 0 Å². The minimum atomic E-state index is -1.07. The number of urea groups is 1. The van der Waals surface area contributed by atoms with E-state index in [0.717, 1.165) is 0 Å². The first-order valence-corrected chi connectivity index (χ1v) is 16.8. The Morgan fingerprint density at radius 2 is 1.62 bits per heavy atom. The van der Waals surface area contributed by atoms with Crippen molar-refractivity contribution < 1.29 is 33.1 Å². The van der Waals surface area contributed by atoms with E-state index in [1.54, 1.807) is 24.3 Å². The highest BCUT2D eigenvalue weighted by molar-refractivity contribution is 5.98. The lowest BCUT2D eigenvalue weighted by atomic mass is 9.87. The number of anilines is 1. The summed E-state index contributed by atoms with van der Waals surface area (Å²) >= 11 is 0. The predicted octanol–water partition coefficient (Wildman–Crippen LogP) is 5.01. The van der Waals surface area contributed by atoms with Crippen molar-refractivity contribution in [2.75, 3.05) is 18.4 Å². The Hall–Kier alpha value is -3.90. The summed E-state index contributed by atoms with van der Waals surface area (Å²) in [5, 5.41) is 10.9. The number of hydrogen-bond donors (Lipinski definition) is 5. The molecule has 6 N–H and O–H groups in total. The molecule has 0 bridgehead atoms. The number of nitrogens with two attached hydrogens (primary N) is 1. The third kappa shape index (κ3) is 14.9. The highest BCUT2D eigenvalue weighted by atomic mass is 19.1. The van der Waals surface area contributed by atoms with Crippen LogP contribution >= 0.6 is 0 Å². The van der Waals surface area contributed by atoms with Crippen LogP contribution in [0.25, 0.3) is 0 Å². The first kappa shape index (κ1) is 40.3. The van der Waals surface area contributed by atoms with E-state index >= 15 is 0 Å². The van der Waals surface area contributed by atoms with Gasteiger partial charge in [0, 0.05) is 31.1 Å². The number of carbonyl (C=O) groups excluding carboxylic acids is 5. The molecule has 1 aromatic carbocycles. The number of rotatable bonds is 15. The zero-order valence-corrected chi connectivity index (χ0v) is 29.9. The quantitative estimate of drug-likeness (QED) is 0.163. The number of carbonyl (C=O) groups is 5. The van der Waals surface area contributed by atoms with Crippen LogP contribution in [0.15, 0.2) is 24.3 Å². The topological polar surface area (TPSA) is 172 Å². The maximum atomic E-state index is 14.2. The largest absolute Gasteiger partial charge is 0.445 e. The Labute approximate surface area is 284 Å². The standard InChI is InChI=1S/C35H57FN6O6/c1-22(2)29(41-28(43)15-16-34(3,4)5)31(45)40-27(10-9-17-38-32(37)46)30(44)39-25-13-11-23(12-14-25)21-48-33(47)42-20-24(36)18-26(42)19-35(6,7)8/h11-14,22,24,26-27,29H,9-10,15-21H2,1-8H3,(H,39,44)(H,40,45)(H,41,43)(H3,37,38,46)/t24-,26-,27-,29-/m0/s1. The Morgan fingerprint density at radius 1 is 0.979 bits per heavy atom. The number of amides is 6. The van der Waals surface area contributed by atoms with E-state index in [-0.39, 0.29) is 61.2 Å². The van der Waals surface area contributed by atoms with Gasteiger partial charge in [-0.2, -0.15) is 0 Å². The highest BCUT2D eigenvalue weighted by Crippen LogP contribution is 2.31. The number of halogens is 1. The number of nitrogens with one attached hydrogen (secondary N) is 4. The van der Waals surface area contributed by atoms with Crippen LogP contribution < -0.4 is 27.0 Å². The lowest BCUT2D eigenvalue weighted by molar-refractivity contribution is -0.132. The van der Waals surface area contributed by atoms with Gasteiger partial charge in [0.15, 0.2) is 0 Å². The van der Waals surface area contributed by atoms with Crippen LogP contribution in [-0.4, -0.2) is 72.1 Å². The molecule has 1 saturated heterocycles. The van der Waals surface area contributed by atoms with Gasteiger partial charge in [0.2, 0.25) is 17.7 Å². The van der Waals surface area contributed by atoms with E-state index in [4.69, 9.17) is 10.5 Å². The summed E-state index contributed by atoms with van der Waals surface area (Å²) in [5.41, 5.74) is 6.18. The number of ether oxygens (including phenoxy) is 1. The molecule has 4 atom stereocenters. The average molecular weight is 677 g/mol. The molecule has 0 spiro atoms. The van der Waals surface area contributed by atoms with Crippen molar-refractivity contribution in [3.05, 3.63) is 29.8 Å². The fourth-order valence-electron chi connectivity index (χ4n) is 5.44. The first-order valence-electron chi connectivity index (χ1n) is 16.8. The van der Waals surface area contributed by atoms with Gasteiger partial charge in [-0.05, 0) is 60.1 Å². The second kappa shape index (κ2) is 18.0. The molecule has 1 aromatic rings. The van der Waals surface area contributed by atoms with Crippen molar-refractivity contribution in [1.82, 2.24) is 20.9 Å². The molecule has 0 saturated carbocycles. The number of likely N-dealkylation sites (tertiary alicyclic amines) is 1. The Balaban J connectivity index is 2.04. The van der Waals surface area contributed by atoms with Crippen molar-refractivity contribution >= 4 is 35.5 Å². The smallest absolute Gasteiger partial charge is 0.410 e. The summed E-state index contributed by atoms with van der Waals surface area (Å²) in [7, 11) is 0. The van der Waals surface area contributed by atoms with Crippen molar-refractivity contribution in [2.24, 2.45) is 22.5 Å². The van der Waals surface area contributed by atoms with Gasteiger partial charge in [0.05, 0.1) is 6.54 Å². The van der Waals surface area contributed by atoms with Gasteiger partial charge >= 0.3 is 12.1 Å². The molecule has 270 valence electrons. The van der Waals surface area contributed by atoms with Gasteiger partial charge in [-0.25, -0.2) is 14.0 Å². The number of primary amides is 1. The number of benzene rings is 1. The lowest BCUT2D eigenvalue weighted by Gasteiger charge is -2.29. The second-order valence-corrected chi connectivity index (χ2v) is 15.5. The molecule has 13 heteroatoms. The molecule has 0 radical (unpaired) electrons. The summed E-state index contributed by atoms with van der Waals surface area (Å²) in [6.07, 6.45) is 0.809. The molecule has 48 heavy (non-hydrogen) atoms. The number of alkyl halides is 1. The van der Waals surface area contributed by atoms with E-state index in [1.165, 1.54) is 4.90 Å². The molecule has 12 nitrogen and oxygen atoms in total. The Morgan fingerprint density at radius 3 is 2.19 bits per heavy atom. The molecule has 6 amide bonds. The molecule has 2 rings (SSSR count). The zero-order chi connectivity index (χ0) is 36.2. The molecule has 1 fully saturated rings. The monoisotopic (exact) mass is 676 g/mol. The molecular weight excluding hydrogens is 619 g/mol. The van der Waals surface area contributed by atoms with Crippen molar-refractivity contribution in [1.29, 1.82) is 0 Å². The number of nitrogens with zero attached hydrogens (tertiary/aromatic N) is 1. The molecular formula is C35H57FN6O6. The van der Waals surface area contributed by atoms with Crippen LogP contribution in [0.2, 0.25) is 0 Å². The lowest BCUT2D eigenvalue weighted by Crippen LogP contribution is -2.54. The van der Waals surface area contributed by atoms with Gasteiger partial charge in [0.1, 0.15) is 24.9 Å². The fraction of sp³-hybridized carbons (Fsp3) is 0.686. The van der Waals surface area contributed by atoms with Gasteiger partial charge in [-0.1, -0.05) is 67.5 Å². The maximum absolute atomic E-state index is 14.2. The summed E-state index contributed by atoms with van der Waals surface area (Å²) < 4.78 is 19.7. The van der Waals surface area contributed by atoms with Gasteiger partial charge in [-0.15, -0.1) is 0 Å². The van der Waals surface area contributed by atoms with Crippen molar-refractivity contribution in [3.8, 4) is 0 Å². The highest BCUT2D eigenvalue weighted by Gasteiger charge is 2.38. The SMILES string of the molecule is CC(C)[C@H](NC(=O)CCC(C)(C)C)C(=O)N[C@@H](CCCNC(N)=O)C(=O)Nc1ccc(COC(=O)N2C[C@@H](F)C[C@H]2CC(C)(C)C)cc1. The zero-order valence-electron chi connectivity index (χ0n) is 29.9. The van der Waals surface area contributed by atoms with Crippen molar-refractivity contribution in [2.45, 2.75) is 125 Å². The van der Waals surface area contributed by atoms with E-state index in [1.807, 2.05) is 34.6 Å². The Kier molecular flexibility index (Phi) is 15.1. The second-order valence-electron chi connectivity index (χ2n) is 15.5. The third-order valence-electron chi connectivity index (χ3n) is 8.00. The van der Waals surface area contributed by atoms with E-state index in [2.05, 4.69) is 42.0 Å². The molecule has 1 aliphatic rings. The minimum absolute atomic E-state index is 0.0162. The van der Waals surface area contributed by atoms with Crippen LogP contribution in [0.5, 0.6) is 0 Å². The predicted molar refractivity (Wildman–Crippen MR) is 184 cm³/mol. The van der Waals surface area contributed by atoms with Gasteiger partial charge in [-0.3, -0.25) is 14.4 Å². The van der Waals surface area contributed by atoms with Crippen LogP contribution in [0.4, 0.5) is 19.7 Å². The summed E-state index contributed by atoms with van der Waals surface area (Å²) in [6, 6.07) is 3.97. The van der Waals surface area contributed by atoms with Crippen LogP contribution in [0, 0.1) is 16.7 Å². The Bertz CT molecular complexity index is 1240. The molecule has 1 aliphatic heterocycles. The third-order valence-corrected chi connectivity index (χ3v) is 8.00. The first-order chi connectivity index (χ1) is 22.2. The maximum Gasteiger partial charge on any atom is 0.410 e. The van der Waals surface area contributed by atoms with E-state index in [9.17, 15) is 28.4 Å². The van der Waals surface area contributed by atoms with Gasteiger partial charge in [0.25, 0.3) is 0 Å². The van der Waals surface area contributed by atoms with Crippen LogP contribution in [-0.2, 0) is 25.7 Å². The van der Waals surface area contributed by atoms with Crippen LogP contribution in [0.1, 0.15) is 99.5 Å².